The zero-order chi connectivity index (χ0) is 13.7. The maximum absolute atomic E-state index is 12.5. The van der Waals surface area contributed by atoms with Crippen molar-refractivity contribution in [2.75, 3.05) is 6.54 Å². The van der Waals surface area contributed by atoms with Crippen LogP contribution < -0.4 is 0 Å². The Hall–Kier alpha value is -1.28. The largest absolute Gasteiger partial charge is 0.343 e. The Morgan fingerprint density at radius 1 is 1.61 bits per heavy atom. The molecule has 1 amide bonds. The van der Waals surface area contributed by atoms with E-state index in [0.717, 1.165) is 11.0 Å². The van der Waals surface area contributed by atoms with Crippen molar-refractivity contribution >= 4 is 21.8 Å². The normalized spacial score (nSPS) is 10.4. The lowest BCUT2D eigenvalue weighted by atomic mass is 10.2. The molecule has 1 heterocycles. The predicted octanol–water partition coefficient (Wildman–Crippen LogP) is 3.03. The Morgan fingerprint density at radius 2 is 2.28 bits per heavy atom. The smallest absolute Gasteiger partial charge is 0.270 e. The molecule has 0 aromatic carbocycles. The molecule has 0 spiro atoms. The molecule has 0 radical (unpaired) electrons. The van der Waals surface area contributed by atoms with Gasteiger partial charge >= 0.3 is 0 Å². The third-order valence-electron chi connectivity index (χ3n) is 2.77. The van der Waals surface area contributed by atoms with Gasteiger partial charge in [-0.05, 0) is 42.8 Å². The van der Waals surface area contributed by atoms with E-state index in [4.69, 9.17) is 5.26 Å². The van der Waals surface area contributed by atoms with Crippen LogP contribution in [0.1, 0.15) is 37.7 Å². The summed E-state index contributed by atoms with van der Waals surface area (Å²) >= 11 is 3.39. The minimum absolute atomic E-state index is 0.0206. The fourth-order valence-corrected chi connectivity index (χ4v) is 2.29. The van der Waals surface area contributed by atoms with Gasteiger partial charge in [0.15, 0.2) is 0 Å². The number of amides is 1. The topological polar surface area (TPSA) is 49.0 Å². The van der Waals surface area contributed by atoms with Crippen molar-refractivity contribution in [3.8, 4) is 6.07 Å². The Bertz CT molecular complexity index is 459. The molecule has 0 aliphatic carbocycles. The van der Waals surface area contributed by atoms with Gasteiger partial charge in [-0.2, -0.15) is 5.26 Å². The molecular weight excluding hydrogens is 294 g/mol. The Labute approximate surface area is 116 Å². The predicted molar refractivity (Wildman–Crippen MR) is 74.2 cm³/mol. The Kier molecular flexibility index (Phi) is 5.42. The molecule has 4 nitrogen and oxygen atoms in total. The number of halogens is 1. The van der Waals surface area contributed by atoms with Crippen LogP contribution in [0.4, 0.5) is 0 Å². The second-order valence-corrected chi connectivity index (χ2v) is 5.25. The summed E-state index contributed by atoms with van der Waals surface area (Å²) in [5.74, 6) is -0.0206. The molecule has 0 aliphatic heterocycles. The molecular formula is C13H18BrN3O. The second kappa shape index (κ2) is 6.60. The van der Waals surface area contributed by atoms with E-state index >= 15 is 0 Å². The number of hydrogen-bond donors (Lipinski definition) is 0. The lowest BCUT2D eigenvalue weighted by molar-refractivity contribution is 0.0699. The molecule has 0 fully saturated rings. The molecule has 0 aliphatic rings. The van der Waals surface area contributed by atoms with Gasteiger partial charge in [-0.1, -0.05) is 0 Å². The molecule has 18 heavy (non-hydrogen) atoms. The number of hydrogen-bond acceptors (Lipinski definition) is 2. The van der Waals surface area contributed by atoms with Gasteiger partial charge in [0, 0.05) is 29.8 Å². The van der Waals surface area contributed by atoms with E-state index in [1.54, 1.807) is 4.90 Å². The summed E-state index contributed by atoms with van der Waals surface area (Å²) in [6.45, 7) is 7.14. The summed E-state index contributed by atoms with van der Waals surface area (Å²) in [6, 6.07) is 4.00. The van der Waals surface area contributed by atoms with Crippen molar-refractivity contribution in [2.24, 2.45) is 0 Å². The number of carbonyl (C=O) groups excluding carboxylic acids is 1. The molecule has 0 saturated carbocycles. The van der Waals surface area contributed by atoms with Crippen molar-refractivity contribution in [3.63, 3.8) is 0 Å². The quantitative estimate of drug-likeness (QED) is 0.839. The maximum Gasteiger partial charge on any atom is 0.270 e. The van der Waals surface area contributed by atoms with E-state index < -0.39 is 0 Å². The SMILES string of the molecule is CCn1cc(Br)cc1C(=O)N(CCC#N)C(C)C. The third-order valence-corrected chi connectivity index (χ3v) is 3.21. The zero-order valence-electron chi connectivity index (χ0n) is 11.0. The van der Waals surface area contributed by atoms with E-state index in [1.165, 1.54) is 0 Å². The van der Waals surface area contributed by atoms with Crippen molar-refractivity contribution in [1.82, 2.24) is 9.47 Å². The molecule has 0 unspecified atom stereocenters. The molecule has 1 aromatic heterocycles. The molecule has 98 valence electrons. The van der Waals surface area contributed by atoms with Crippen LogP contribution in [0, 0.1) is 11.3 Å². The first-order valence-electron chi connectivity index (χ1n) is 6.04. The molecule has 0 atom stereocenters. The minimum atomic E-state index is -0.0206. The highest BCUT2D eigenvalue weighted by molar-refractivity contribution is 9.10. The van der Waals surface area contributed by atoms with Gasteiger partial charge in [-0.15, -0.1) is 0 Å². The number of rotatable bonds is 5. The van der Waals surface area contributed by atoms with Crippen LogP contribution in [0.25, 0.3) is 0 Å². The summed E-state index contributed by atoms with van der Waals surface area (Å²) in [5, 5.41) is 8.65. The first-order valence-corrected chi connectivity index (χ1v) is 6.84. The van der Waals surface area contributed by atoms with Crippen molar-refractivity contribution in [2.45, 2.75) is 39.8 Å². The van der Waals surface area contributed by atoms with Crippen LogP contribution >= 0.6 is 15.9 Å². The van der Waals surface area contributed by atoms with Gasteiger partial charge in [0.25, 0.3) is 5.91 Å². The molecule has 1 aromatic rings. The van der Waals surface area contributed by atoms with Crippen LogP contribution in [0.5, 0.6) is 0 Å². The standard InChI is InChI=1S/C13H18BrN3O/c1-4-16-9-11(14)8-12(16)13(18)17(10(2)3)7-5-6-15/h8-10H,4-5,7H2,1-3H3. The highest BCUT2D eigenvalue weighted by Gasteiger charge is 2.21. The average Bonchev–Trinajstić information content (AvgIpc) is 2.70. The summed E-state index contributed by atoms with van der Waals surface area (Å²) in [7, 11) is 0. The van der Waals surface area contributed by atoms with E-state index in [1.807, 2.05) is 37.6 Å². The van der Waals surface area contributed by atoms with E-state index in [2.05, 4.69) is 22.0 Å². The molecule has 5 heteroatoms. The molecule has 0 N–H and O–H groups in total. The minimum Gasteiger partial charge on any atom is -0.343 e. The van der Waals surface area contributed by atoms with Gasteiger partial charge in [0.2, 0.25) is 0 Å². The van der Waals surface area contributed by atoms with Crippen LogP contribution in [0.3, 0.4) is 0 Å². The average molecular weight is 312 g/mol. The van der Waals surface area contributed by atoms with Crippen molar-refractivity contribution in [3.05, 3.63) is 22.4 Å². The zero-order valence-corrected chi connectivity index (χ0v) is 12.6. The van der Waals surface area contributed by atoms with Crippen LogP contribution in [0.2, 0.25) is 0 Å². The van der Waals surface area contributed by atoms with Crippen LogP contribution in [-0.4, -0.2) is 28.0 Å². The second-order valence-electron chi connectivity index (χ2n) is 4.33. The monoisotopic (exact) mass is 311 g/mol. The number of aromatic nitrogens is 1. The Morgan fingerprint density at radius 3 is 2.78 bits per heavy atom. The summed E-state index contributed by atoms with van der Waals surface area (Å²) in [4.78, 5) is 14.2. The van der Waals surface area contributed by atoms with Gasteiger partial charge in [0.05, 0.1) is 12.5 Å². The number of carbonyl (C=O) groups is 1. The third kappa shape index (κ3) is 3.36. The lowest BCUT2D eigenvalue weighted by Crippen LogP contribution is -2.38. The van der Waals surface area contributed by atoms with E-state index in [0.29, 0.717) is 18.7 Å². The highest BCUT2D eigenvalue weighted by Crippen LogP contribution is 2.18. The summed E-state index contributed by atoms with van der Waals surface area (Å²) in [5.41, 5.74) is 0.663. The lowest BCUT2D eigenvalue weighted by Gasteiger charge is -2.26. The summed E-state index contributed by atoms with van der Waals surface area (Å²) < 4.78 is 2.81. The fraction of sp³-hybridized carbons (Fsp3) is 0.538. The first kappa shape index (κ1) is 14.8. The van der Waals surface area contributed by atoms with E-state index in [-0.39, 0.29) is 11.9 Å². The van der Waals surface area contributed by atoms with Crippen molar-refractivity contribution in [1.29, 1.82) is 5.26 Å². The maximum atomic E-state index is 12.5. The summed E-state index contributed by atoms with van der Waals surface area (Å²) in [6.07, 6.45) is 2.26. The number of nitriles is 1. The van der Waals surface area contributed by atoms with Gasteiger partial charge in [0.1, 0.15) is 5.69 Å². The van der Waals surface area contributed by atoms with E-state index in [9.17, 15) is 4.79 Å². The first-order chi connectivity index (χ1) is 8.51. The number of nitrogens with zero attached hydrogens (tertiary/aromatic N) is 3. The molecule has 0 saturated heterocycles. The molecule has 0 bridgehead atoms. The fourth-order valence-electron chi connectivity index (χ4n) is 1.83. The molecule has 1 rings (SSSR count). The Balaban J connectivity index is 2.98. The van der Waals surface area contributed by atoms with Gasteiger partial charge < -0.3 is 9.47 Å². The van der Waals surface area contributed by atoms with Crippen LogP contribution in [-0.2, 0) is 6.54 Å². The highest BCUT2D eigenvalue weighted by atomic mass is 79.9. The van der Waals surface area contributed by atoms with Crippen molar-refractivity contribution < 1.29 is 4.79 Å². The number of aryl methyl sites for hydroxylation is 1. The van der Waals surface area contributed by atoms with Gasteiger partial charge in [-0.3, -0.25) is 4.79 Å². The van der Waals surface area contributed by atoms with Crippen LogP contribution in [0.15, 0.2) is 16.7 Å². The van der Waals surface area contributed by atoms with Gasteiger partial charge in [-0.25, -0.2) is 0 Å².